The number of ketones is 1. The van der Waals surface area contributed by atoms with Crippen LogP contribution >= 0.6 is 15.9 Å². The standard InChI is InChI=1S/C11H10BrN3O3/c12-6-1-2-7-8(5-6)15(11(18)10(7)17)4-3-9(16)14-13/h1-2,5H,3-4,13H2,(H,14,16). The normalized spacial score (nSPS) is 13.8. The van der Waals surface area contributed by atoms with Crippen LogP contribution in [-0.4, -0.2) is 24.1 Å². The fourth-order valence-corrected chi connectivity index (χ4v) is 2.12. The van der Waals surface area contributed by atoms with E-state index in [2.05, 4.69) is 15.9 Å². The Labute approximate surface area is 111 Å². The number of amides is 2. The molecule has 94 valence electrons. The van der Waals surface area contributed by atoms with Gasteiger partial charge in [0.2, 0.25) is 5.91 Å². The minimum absolute atomic E-state index is 0.0431. The van der Waals surface area contributed by atoms with Crippen molar-refractivity contribution < 1.29 is 14.4 Å². The summed E-state index contributed by atoms with van der Waals surface area (Å²) in [5, 5.41) is 0. The zero-order valence-electron chi connectivity index (χ0n) is 9.27. The third-order valence-electron chi connectivity index (χ3n) is 2.66. The number of nitrogens with one attached hydrogen (secondary N) is 1. The van der Waals surface area contributed by atoms with Gasteiger partial charge in [0.25, 0.3) is 11.7 Å². The van der Waals surface area contributed by atoms with Gasteiger partial charge in [-0.2, -0.15) is 0 Å². The van der Waals surface area contributed by atoms with Gasteiger partial charge in [0.1, 0.15) is 0 Å². The number of fused-ring (bicyclic) bond motifs is 1. The van der Waals surface area contributed by atoms with Crippen LogP contribution in [0.1, 0.15) is 16.8 Å². The molecule has 0 saturated heterocycles. The number of carbonyl (C=O) groups excluding carboxylic acids is 3. The topological polar surface area (TPSA) is 92.5 Å². The van der Waals surface area contributed by atoms with E-state index in [0.29, 0.717) is 11.3 Å². The third kappa shape index (κ3) is 2.14. The van der Waals surface area contributed by atoms with Crippen molar-refractivity contribution in [2.24, 2.45) is 5.84 Å². The molecule has 0 atom stereocenters. The summed E-state index contributed by atoms with van der Waals surface area (Å²) in [5.41, 5.74) is 2.85. The van der Waals surface area contributed by atoms with Crippen LogP contribution < -0.4 is 16.2 Å². The van der Waals surface area contributed by atoms with Gasteiger partial charge in [0.05, 0.1) is 11.3 Å². The maximum atomic E-state index is 11.8. The molecule has 0 radical (unpaired) electrons. The first kappa shape index (κ1) is 12.7. The van der Waals surface area contributed by atoms with Crippen molar-refractivity contribution in [3.63, 3.8) is 0 Å². The summed E-state index contributed by atoms with van der Waals surface area (Å²) >= 11 is 3.28. The molecule has 2 rings (SSSR count). The van der Waals surface area contributed by atoms with Crippen LogP contribution in [0.2, 0.25) is 0 Å². The molecule has 1 aliphatic heterocycles. The molecule has 18 heavy (non-hydrogen) atoms. The fraction of sp³-hybridized carbons (Fsp3) is 0.182. The van der Waals surface area contributed by atoms with Gasteiger partial charge in [-0.3, -0.25) is 19.8 Å². The van der Waals surface area contributed by atoms with Crippen LogP contribution in [0.15, 0.2) is 22.7 Å². The van der Waals surface area contributed by atoms with Gasteiger partial charge in [0.15, 0.2) is 0 Å². The molecule has 0 bridgehead atoms. The highest BCUT2D eigenvalue weighted by Gasteiger charge is 2.35. The smallest absolute Gasteiger partial charge is 0.299 e. The molecular weight excluding hydrogens is 302 g/mol. The van der Waals surface area contributed by atoms with Gasteiger partial charge < -0.3 is 4.90 Å². The molecule has 3 N–H and O–H groups in total. The summed E-state index contributed by atoms with van der Waals surface area (Å²) in [5.74, 6) is 3.40. The van der Waals surface area contributed by atoms with Crippen molar-refractivity contribution in [2.45, 2.75) is 6.42 Å². The average Bonchev–Trinajstić information content (AvgIpc) is 2.59. The van der Waals surface area contributed by atoms with Crippen molar-refractivity contribution in [3.05, 3.63) is 28.2 Å². The second-order valence-electron chi connectivity index (χ2n) is 3.76. The zero-order valence-corrected chi connectivity index (χ0v) is 10.9. The summed E-state index contributed by atoms with van der Waals surface area (Å²) in [4.78, 5) is 35.8. The van der Waals surface area contributed by atoms with E-state index >= 15 is 0 Å². The maximum absolute atomic E-state index is 11.8. The Balaban J connectivity index is 2.27. The van der Waals surface area contributed by atoms with Crippen molar-refractivity contribution in [1.82, 2.24) is 5.43 Å². The van der Waals surface area contributed by atoms with Gasteiger partial charge in [0, 0.05) is 17.4 Å². The summed E-state index contributed by atoms with van der Waals surface area (Å²) in [6, 6.07) is 4.96. The number of nitrogens with two attached hydrogens (primary N) is 1. The predicted molar refractivity (Wildman–Crippen MR) is 67.8 cm³/mol. The van der Waals surface area contributed by atoms with E-state index in [0.717, 1.165) is 4.47 Å². The van der Waals surface area contributed by atoms with E-state index in [1.54, 1.807) is 18.2 Å². The number of benzene rings is 1. The Morgan fingerprint density at radius 3 is 2.78 bits per heavy atom. The minimum Gasteiger partial charge on any atom is -0.304 e. The van der Waals surface area contributed by atoms with Crippen LogP contribution in [0.5, 0.6) is 0 Å². The van der Waals surface area contributed by atoms with Gasteiger partial charge in [-0.15, -0.1) is 0 Å². The van der Waals surface area contributed by atoms with Crippen LogP contribution in [0, 0.1) is 0 Å². The summed E-state index contributed by atoms with van der Waals surface area (Å²) in [6.07, 6.45) is 0.0431. The molecule has 2 amide bonds. The summed E-state index contributed by atoms with van der Waals surface area (Å²) < 4.78 is 0.761. The lowest BCUT2D eigenvalue weighted by molar-refractivity contribution is -0.121. The highest BCUT2D eigenvalue weighted by Crippen LogP contribution is 2.31. The molecule has 7 heteroatoms. The molecular formula is C11H10BrN3O3. The van der Waals surface area contributed by atoms with E-state index in [1.165, 1.54) is 4.90 Å². The van der Waals surface area contributed by atoms with E-state index < -0.39 is 17.6 Å². The van der Waals surface area contributed by atoms with Crippen molar-refractivity contribution in [1.29, 1.82) is 0 Å². The maximum Gasteiger partial charge on any atom is 0.299 e. The Hall–Kier alpha value is -1.73. The van der Waals surface area contributed by atoms with Crippen LogP contribution in [-0.2, 0) is 9.59 Å². The van der Waals surface area contributed by atoms with Gasteiger partial charge in [-0.25, -0.2) is 5.84 Å². The first-order chi connectivity index (χ1) is 8.54. The van der Waals surface area contributed by atoms with E-state index in [4.69, 9.17) is 5.84 Å². The van der Waals surface area contributed by atoms with Crippen LogP contribution in [0.25, 0.3) is 0 Å². The SMILES string of the molecule is NNC(=O)CCN1C(=O)C(=O)c2ccc(Br)cc21. The van der Waals surface area contributed by atoms with E-state index in [-0.39, 0.29) is 13.0 Å². The molecule has 0 spiro atoms. The largest absolute Gasteiger partial charge is 0.304 e. The molecule has 0 unspecified atom stereocenters. The molecule has 0 aliphatic carbocycles. The molecule has 0 saturated carbocycles. The Morgan fingerprint density at radius 1 is 1.39 bits per heavy atom. The molecule has 1 aromatic rings. The van der Waals surface area contributed by atoms with Crippen molar-refractivity contribution in [3.8, 4) is 0 Å². The molecule has 1 aromatic carbocycles. The molecule has 0 fully saturated rings. The van der Waals surface area contributed by atoms with E-state index in [1.807, 2.05) is 5.43 Å². The van der Waals surface area contributed by atoms with Crippen LogP contribution in [0.4, 0.5) is 5.69 Å². The number of rotatable bonds is 3. The Morgan fingerprint density at radius 2 is 2.11 bits per heavy atom. The minimum atomic E-state index is -0.618. The molecule has 1 heterocycles. The Kier molecular flexibility index (Phi) is 3.44. The number of hydrogen-bond acceptors (Lipinski definition) is 4. The number of halogens is 1. The third-order valence-corrected chi connectivity index (χ3v) is 3.15. The van der Waals surface area contributed by atoms with Crippen LogP contribution in [0.3, 0.4) is 0 Å². The predicted octanol–water partition coefficient (Wildman–Crippen LogP) is 0.358. The Bertz CT molecular complexity index is 544. The number of hydrazine groups is 1. The monoisotopic (exact) mass is 311 g/mol. The lowest BCUT2D eigenvalue weighted by atomic mass is 10.1. The number of Topliss-reactive ketones (excluding diaryl/α,β-unsaturated/α-hetero) is 1. The van der Waals surface area contributed by atoms with Gasteiger partial charge in [-0.05, 0) is 18.2 Å². The number of hydrogen-bond donors (Lipinski definition) is 2. The van der Waals surface area contributed by atoms with E-state index in [9.17, 15) is 14.4 Å². The summed E-state index contributed by atoms with van der Waals surface area (Å²) in [6.45, 7) is 0.122. The first-order valence-corrected chi connectivity index (χ1v) is 5.99. The van der Waals surface area contributed by atoms with Gasteiger partial charge >= 0.3 is 0 Å². The van der Waals surface area contributed by atoms with Gasteiger partial charge in [-0.1, -0.05) is 15.9 Å². The average molecular weight is 312 g/mol. The zero-order chi connectivity index (χ0) is 13.3. The second-order valence-corrected chi connectivity index (χ2v) is 4.68. The molecule has 0 aromatic heterocycles. The number of nitrogens with zero attached hydrogens (tertiary/aromatic N) is 1. The lowest BCUT2D eigenvalue weighted by Gasteiger charge is -2.15. The van der Waals surface area contributed by atoms with Crippen molar-refractivity contribution >= 4 is 39.2 Å². The quantitative estimate of drug-likeness (QED) is 0.365. The highest BCUT2D eigenvalue weighted by molar-refractivity contribution is 9.10. The molecule has 1 aliphatic rings. The number of carbonyl (C=O) groups is 3. The number of anilines is 1. The van der Waals surface area contributed by atoms with Crippen molar-refractivity contribution in [2.75, 3.05) is 11.4 Å². The fourth-order valence-electron chi connectivity index (χ4n) is 1.77. The highest BCUT2D eigenvalue weighted by atomic mass is 79.9. The summed E-state index contributed by atoms with van der Waals surface area (Å²) in [7, 11) is 0. The first-order valence-electron chi connectivity index (χ1n) is 5.20. The second kappa shape index (κ2) is 4.87. The molecule has 6 nitrogen and oxygen atoms in total. The lowest BCUT2D eigenvalue weighted by Crippen LogP contribution is -2.36.